The van der Waals surface area contributed by atoms with Crippen molar-refractivity contribution in [1.82, 2.24) is 0 Å². The average molecular weight is 236 g/mol. The summed E-state index contributed by atoms with van der Waals surface area (Å²) in [5.41, 5.74) is 0. The summed E-state index contributed by atoms with van der Waals surface area (Å²) < 4.78 is 1.33. The highest BCUT2D eigenvalue weighted by atomic mass is 79.9. The van der Waals surface area contributed by atoms with Gasteiger partial charge in [0.15, 0.2) is 0 Å². The first kappa shape index (κ1) is 12.4. The fraction of sp³-hybridized carbons (Fsp3) is 1.00. The molecule has 12 heavy (non-hydrogen) atoms. The van der Waals surface area contributed by atoms with Gasteiger partial charge in [-0.15, -0.1) is 0 Å². The van der Waals surface area contributed by atoms with Crippen LogP contribution < -0.4 is 17.0 Å². The number of likely N-dealkylation sites (tertiary alicyclic amines) is 1. The molecule has 2 atom stereocenters. The first-order valence-corrected chi connectivity index (χ1v) is 5.03. The molecule has 0 aromatic carbocycles. The van der Waals surface area contributed by atoms with E-state index in [9.17, 15) is 0 Å². The van der Waals surface area contributed by atoms with E-state index in [4.69, 9.17) is 0 Å². The van der Waals surface area contributed by atoms with Crippen LogP contribution in [-0.4, -0.2) is 30.7 Å². The number of halogens is 1. The summed E-state index contributed by atoms with van der Waals surface area (Å²) in [5.74, 6) is 0. The second-order valence-corrected chi connectivity index (χ2v) is 4.27. The SMILES string of the molecule is CCC[N+]1(C)CCCCC1C.[Br-]. The van der Waals surface area contributed by atoms with Gasteiger partial charge < -0.3 is 21.5 Å². The number of quaternary nitrogens is 1. The maximum absolute atomic E-state index is 2.42. The molecule has 1 saturated heterocycles. The highest BCUT2D eigenvalue weighted by Crippen LogP contribution is 2.23. The Balaban J connectivity index is 0.00000121. The smallest absolute Gasteiger partial charge is 0.0859 e. The molecular weight excluding hydrogens is 214 g/mol. The van der Waals surface area contributed by atoms with Gasteiger partial charge in [-0.05, 0) is 32.6 Å². The summed E-state index contributed by atoms with van der Waals surface area (Å²) in [5, 5.41) is 0. The zero-order valence-electron chi connectivity index (χ0n) is 8.65. The van der Waals surface area contributed by atoms with Crippen LogP contribution in [0.3, 0.4) is 0 Å². The number of hydrogen-bond acceptors (Lipinski definition) is 0. The number of piperidine rings is 1. The van der Waals surface area contributed by atoms with Crippen LogP contribution in [0.4, 0.5) is 0 Å². The van der Waals surface area contributed by atoms with Crippen molar-refractivity contribution in [3.05, 3.63) is 0 Å². The van der Waals surface area contributed by atoms with E-state index in [1.54, 1.807) is 0 Å². The Morgan fingerprint density at radius 1 is 1.33 bits per heavy atom. The van der Waals surface area contributed by atoms with Gasteiger partial charge >= 0.3 is 0 Å². The van der Waals surface area contributed by atoms with Crippen molar-refractivity contribution in [3.63, 3.8) is 0 Å². The third-order valence-electron chi connectivity index (χ3n) is 3.34. The monoisotopic (exact) mass is 235 g/mol. The molecule has 0 aromatic rings. The van der Waals surface area contributed by atoms with Crippen molar-refractivity contribution in [2.75, 3.05) is 20.1 Å². The second-order valence-electron chi connectivity index (χ2n) is 4.27. The summed E-state index contributed by atoms with van der Waals surface area (Å²) >= 11 is 0. The van der Waals surface area contributed by atoms with E-state index >= 15 is 0 Å². The molecule has 0 bridgehead atoms. The topological polar surface area (TPSA) is 0 Å². The molecule has 0 amide bonds. The normalized spacial score (nSPS) is 35.8. The molecule has 0 spiro atoms. The third kappa shape index (κ3) is 2.74. The molecule has 0 aliphatic carbocycles. The van der Waals surface area contributed by atoms with Crippen molar-refractivity contribution in [2.45, 2.75) is 45.6 Å². The minimum absolute atomic E-state index is 0. The predicted octanol–water partition coefficient (Wildman–Crippen LogP) is -0.581. The Kier molecular flexibility index (Phi) is 5.42. The Morgan fingerprint density at radius 2 is 2.00 bits per heavy atom. The van der Waals surface area contributed by atoms with Crippen LogP contribution in [0.5, 0.6) is 0 Å². The quantitative estimate of drug-likeness (QED) is 0.563. The summed E-state index contributed by atoms with van der Waals surface area (Å²) in [7, 11) is 2.42. The van der Waals surface area contributed by atoms with Crippen molar-refractivity contribution in [1.29, 1.82) is 0 Å². The van der Waals surface area contributed by atoms with E-state index < -0.39 is 0 Å². The van der Waals surface area contributed by atoms with Crippen LogP contribution in [0.1, 0.15) is 39.5 Å². The maximum Gasteiger partial charge on any atom is 0.0859 e. The van der Waals surface area contributed by atoms with Crippen molar-refractivity contribution < 1.29 is 21.5 Å². The van der Waals surface area contributed by atoms with E-state index in [2.05, 4.69) is 20.9 Å². The molecule has 0 aromatic heterocycles. The van der Waals surface area contributed by atoms with E-state index in [1.807, 2.05) is 0 Å². The highest BCUT2D eigenvalue weighted by Gasteiger charge is 2.30. The van der Waals surface area contributed by atoms with Gasteiger partial charge in [0.25, 0.3) is 0 Å². The average Bonchev–Trinajstić information content (AvgIpc) is 1.96. The van der Waals surface area contributed by atoms with Crippen molar-refractivity contribution in [3.8, 4) is 0 Å². The van der Waals surface area contributed by atoms with Crippen LogP contribution in [0.2, 0.25) is 0 Å². The van der Waals surface area contributed by atoms with Gasteiger partial charge in [0, 0.05) is 0 Å². The van der Waals surface area contributed by atoms with E-state index in [1.165, 1.54) is 43.3 Å². The van der Waals surface area contributed by atoms with Gasteiger partial charge in [-0.1, -0.05) is 6.92 Å². The minimum Gasteiger partial charge on any atom is -1.00 e. The Hall–Kier alpha value is 0.440. The third-order valence-corrected chi connectivity index (χ3v) is 3.34. The summed E-state index contributed by atoms with van der Waals surface area (Å²) in [6.07, 6.45) is 5.68. The molecule has 1 nitrogen and oxygen atoms in total. The molecule has 1 aliphatic heterocycles. The number of nitrogens with zero attached hydrogens (tertiary/aromatic N) is 1. The summed E-state index contributed by atoms with van der Waals surface area (Å²) in [6.45, 7) is 7.50. The van der Waals surface area contributed by atoms with Gasteiger partial charge in [0.1, 0.15) is 0 Å². The van der Waals surface area contributed by atoms with Crippen LogP contribution in [0.15, 0.2) is 0 Å². The molecule has 0 N–H and O–H groups in total. The molecule has 2 heteroatoms. The molecule has 1 heterocycles. The molecule has 0 saturated carbocycles. The lowest BCUT2D eigenvalue weighted by molar-refractivity contribution is -0.936. The molecular formula is C10H22BrN. The number of rotatable bonds is 2. The van der Waals surface area contributed by atoms with Gasteiger partial charge in [-0.2, -0.15) is 0 Å². The molecule has 2 unspecified atom stereocenters. The van der Waals surface area contributed by atoms with Gasteiger partial charge in [0.05, 0.1) is 26.2 Å². The van der Waals surface area contributed by atoms with Gasteiger partial charge in [-0.3, -0.25) is 0 Å². The van der Waals surface area contributed by atoms with Crippen LogP contribution in [0, 0.1) is 0 Å². The van der Waals surface area contributed by atoms with E-state index in [0.29, 0.717) is 0 Å². The maximum atomic E-state index is 2.42. The molecule has 0 radical (unpaired) electrons. The van der Waals surface area contributed by atoms with Crippen molar-refractivity contribution >= 4 is 0 Å². The molecule has 1 rings (SSSR count). The lowest BCUT2D eigenvalue weighted by Gasteiger charge is -2.43. The molecule has 1 fully saturated rings. The van der Waals surface area contributed by atoms with Gasteiger partial charge in [0.2, 0.25) is 0 Å². The van der Waals surface area contributed by atoms with E-state index in [-0.39, 0.29) is 17.0 Å². The lowest BCUT2D eigenvalue weighted by atomic mass is 10.0. The number of hydrogen-bond donors (Lipinski definition) is 0. The van der Waals surface area contributed by atoms with E-state index in [0.717, 1.165) is 6.04 Å². The van der Waals surface area contributed by atoms with Crippen molar-refractivity contribution in [2.24, 2.45) is 0 Å². The Morgan fingerprint density at radius 3 is 2.50 bits per heavy atom. The Labute approximate surface area is 87.5 Å². The predicted molar refractivity (Wildman–Crippen MR) is 49.5 cm³/mol. The summed E-state index contributed by atoms with van der Waals surface area (Å²) in [4.78, 5) is 0. The minimum atomic E-state index is 0. The second kappa shape index (κ2) is 5.23. The molecule has 74 valence electrons. The summed E-state index contributed by atoms with van der Waals surface area (Å²) in [6, 6.07) is 0.906. The van der Waals surface area contributed by atoms with Gasteiger partial charge in [-0.25, -0.2) is 0 Å². The first-order valence-electron chi connectivity index (χ1n) is 5.03. The molecule has 1 aliphatic rings. The standard InChI is InChI=1S/C10H22N.BrH/c1-4-8-11(3)9-6-5-7-10(11)2;/h10H,4-9H2,1-3H3;1H/q+1;/p-1. The first-order chi connectivity index (χ1) is 5.19. The van der Waals surface area contributed by atoms with Crippen LogP contribution in [-0.2, 0) is 0 Å². The van der Waals surface area contributed by atoms with Crippen LogP contribution >= 0.6 is 0 Å². The lowest BCUT2D eigenvalue weighted by Crippen LogP contribution is -3.00. The largest absolute Gasteiger partial charge is 1.00 e. The zero-order chi connectivity index (χ0) is 8.32. The fourth-order valence-electron chi connectivity index (χ4n) is 2.29. The zero-order valence-corrected chi connectivity index (χ0v) is 10.2. The Bertz CT molecular complexity index is 123. The van der Waals surface area contributed by atoms with Crippen LogP contribution in [0.25, 0.3) is 0 Å². The fourth-order valence-corrected chi connectivity index (χ4v) is 2.29. The highest BCUT2D eigenvalue weighted by molar-refractivity contribution is 4.60.